The molecule has 0 aliphatic carbocycles. The number of hydrogen-bond donors (Lipinski definition) is 4. The third kappa shape index (κ3) is 5.67. The number of imide groups is 2. The van der Waals surface area contributed by atoms with Gasteiger partial charge in [0.05, 0.1) is 11.1 Å². The Morgan fingerprint density at radius 3 is 2.58 bits per heavy atom. The zero-order chi connectivity index (χ0) is 28.2. The van der Waals surface area contributed by atoms with Crippen LogP contribution in [-0.2, 0) is 22.7 Å². The number of nitrogens with one attached hydrogen (secondary N) is 4. The van der Waals surface area contributed by atoms with E-state index in [1.165, 1.54) is 17.3 Å². The molecule has 1 atom stereocenters. The Kier molecular flexibility index (Phi) is 8.06. The minimum Gasteiger partial charge on any atom is -0.388 e. The van der Waals surface area contributed by atoms with Crippen LogP contribution in [0.1, 0.15) is 63.1 Å². The van der Waals surface area contributed by atoms with Crippen molar-refractivity contribution in [2.24, 2.45) is 0 Å². The van der Waals surface area contributed by atoms with Gasteiger partial charge in [0, 0.05) is 50.5 Å². The van der Waals surface area contributed by atoms with Crippen LogP contribution in [0.25, 0.3) is 0 Å². The lowest BCUT2D eigenvalue weighted by Crippen LogP contribution is -2.54. The maximum absolute atomic E-state index is 13.3. The summed E-state index contributed by atoms with van der Waals surface area (Å²) < 4.78 is 0. The quantitative estimate of drug-likeness (QED) is 0.283. The molecule has 2 saturated heterocycles. The fourth-order valence-corrected chi connectivity index (χ4v) is 5.64. The van der Waals surface area contributed by atoms with E-state index in [-0.39, 0.29) is 24.0 Å². The Labute approximate surface area is 233 Å². The normalized spacial score (nSPS) is 20.1. The Bertz CT molecular complexity index is 1380. The van der Waals surface area contributed by atoms with Crippen molar-refractivity contribution in [1.82, 2.24) is 20.4 Å². The zero-order valence-corrected chi connectivity index (χ0v) is 22.5. The average Bonchev–Trinajstić information content (AvgIpc) is 3.20. The highest BCUT2D eigenvalue weighted by Gasteiger charge is 2.45. The molecule has 40 heavy (non-hydrogen) atoms. The fourth-order valence-electron chi connectivity index (χ4n) is 5.64. The maximum atomic E-state index is 13.3. The van der Waals surface area contributed by atoms with E-state index in [2.05, 4.69) is 46.0 Å². The van der Waals surface area contributed by atoms with Crippen LogP contribution in [0.3, 0.4) is 0 Å². The Hall–Kier alpha value is -4.31. The second-order valence-corrected chi connectivity index (χ2v) is 10.5. The van der Waals surface area contributed by atoms with Crippen LogP contribution in [0.2, 0.25) is 0 Å². The first-order valence-corrected chi connectivity index (χ1v) is 13.7. The van der Waals surface area contributed by atoms with Crippen molar-refractivity contribution in [3.05, 3.63) is 76.5 Å². The van der Waals surface area contributed by atoms with Gasteiger partial charge in [-0.25, -0.2) is 0 Å². The molecule has 3 aliphatic rings. The molecule has 0 saturated carbocycles. The van der Waals surface area contributed by atoms with Crippen LogP contribution in [-0.4, -0.2) is 64.8 Å². The highest BCUT2D eigenvalue weighted by atomic mass is 16.2. The summed E-state index contributed by atoms with van der Waals surface area (Å²) in [4.78, 5) is 53.8. The highest BCUT2D eigenvalue weighted by Crippen LogP contribution is 2.32. The number of allylic oxidation sites excluding steroid dienone is 1. The largest absolute Gasteiger partial charge is 0.388 e. The molecule has 0 bridgehead atoms. The Morgan fingerprint density at radius 1 is 1.05 bits per heavy atom. The SMILES string of the molecule is Cc1cc(CNc2cccc3c2C(=O)N(C2CCC(=O)NC2=O)C3=O)ccc1CN1CCC(N/C=C\C=N)CC1. The molecule has 3 heterocycles. The summed E-state index contributed by atoms with van der Waals surface area (Å²) in [7, 11) is 0. The van der Waals surface area contributed by atoms with Crippen molar-refractivity contribution in [3.63, 3.8) is 0 Å². The van der Waals surface area contributed by atoms with Gasteiger partial charge in [-0.3, -0.25) is 34.3 Å². The molecule has 0 radical (unpaired) electrons. The number of carbonyl (C=O) groups is 4. The molecule has 208 valence electrons. The first-order chi connectivity index (χ1) is 19.4. The lowest BCUT2D eigenvalue weighted by molar-refractivity contribution is -0.136. The predicted molar refractivity (Wildman–Crippen MR) is 151 cm³/mol. The average molecular weight is 543 g/mol. The van der Waals surface area contributed by atoms with E-state index in [4.69, 9.17) is 5.41 Å². The summed E-state index contributed by atoms with van der Waals surface area (Å²) in [5, 5.41) is 16.0. The summed E-state index contributed by atoms with van der Waals surface area (Å²) >= 11 is 0. The van der Waals surface area contributed by atoms with Crippen molar-refractivity contribution in [2.75, 3.05) is 18.4 Å². The van der Waals surface area contributed by atoms with E-state index in [1.54, 1.807) is 24.3 Å². The van der Waals surface area contributed by atoms with Crippen LogP contribution < -0.4 is 16.0 Å². The molecule has 4 N–H and O–H groups in total. The molecule has 3 aliphatic heterocycles. The van der Waals surface area contributed by atoms with Gasteiger partial charge >= 0.3 is 0 Å². The molecule has 10 heteroatoms. The van der Waals surface area contributed by atoms with Gasteiger partial charge in [0.2, 0.25) is 11.8 Å². The number of likely N-dealkylation sites (tertiary alicyclic amines) is 1. The molecule has 2 aromatic carbocycles. The summed E-state index contributed by atoms with van der Waals surface area (Å²) in [5.41, 5.74) is 4.59. The van der Waals surface area contributed by atoms with E-state index in [1.807, 2.05) is 6.20 Å². The van der Waals surface area contributed by atoms with Gasteiger partial charge in [-0.2, -0.15) is 0 Å². The number of fused-ring (bicyclic) bond motifs is 1. The van der Waals surface area contributed by atoms with Gasteiger partial charge in [0.1, 0.15) is 6.04 Å². The first kappa shape index (κ1) is 27.3. The first-order valence-electron chi connectivity index (χ1n) is 13.7. The number of nitrogens with zero attached hydrogens (tertiary/aromatic N) is 2. The van der Waals surface area contributed by atoms with E-state index in [0.29, 0.717) is 18.3 Å². The predicted octanol–water partition coefficient (Wildman–Crippen LogP) is 2.73. The number of anilines is 1. The minimum absolute atomic E-state index is 0.0869. The Morgan fingerprint density at radius 2 is 1.85 bits per heavy atom. The van der Waals surface area contributed by atoms with Crippen molar-refractivity contribution in [3.8, 4) is 0 Å². The highest BCUT2D eigenvalue weighted by molar-refractivity contribution is 6.25. The number of carbonyl (C=O) groups excluding carboxylic acids is 4. The van der Waals surface area contributed by atoms with E-state index in [9.17, 15) is 19.2 Å². The molecular formula is C30H34N6O4. The van der Waals surface area contributed by atoms with Crippen molar-refractivity contribution in [1.29, 1.82) is 5.41 Å². The number of rotatable bonds is 9. The van der Waals surface area contributed by atoms with Gasteiger partial charge in [0.25, 0.3) is 11.8 Å². The van der Waals surface area contributed by atoms with Crippen LogP contribution >= 0.6 is 0 Å². The zero-order valence-electron chi connectivity index (χ0n) is 22.5. The summed E-state index contributed by atoms with van der Waals surface area (Å²) in [6, 6.07) is 10.9. The minimum atomic E-state index is -0.987. The summed E-state index contributed by atoms with van der Waals surface area (Å²) in [6.45, 7) is 5.50. The fraction of sp³-hybridized carbons (Fsp3) is 0.367. The Balaban J connectivity index is 1.21. The van der Waals surface area contributed by atoms with E-state index >= 15 is 0 Å². The van der Waals surface area contributed by atoms with Crippen molar-refractivity contribution < 1.29 is 19.2 Å². The number of benzene rings is 2. The van der Waals surface area contributed by atoms with Gasteiger partial charge in [-0.05, 0) is 67.3 Å². The number of hydrogen-bond acceptors (Lipinski definition) is 8. The van der Waals surface area contributed by atoms with Gasteiger partial charge in [0.15, 0.2) is 0 Å². The maximum Gasteiger partial charge on any atom is 0.264 e. The molecule has 4 amide bonds. The molecular weight excluding hydrogens is 508 g/mol. The molecule has 0 spiro atoms. The third-order valence-corrected chi connectivity index (χ3v) is 7.86. The van der Waals surface area contributed by atoms with Gasteiger partial charge < -0.3 is 16.0 Å². The number of aryl methyl sites for hydroxylation is 1. The third-order valence-electron chi connectivity index (χ3n) is 7.86. The monoisotopic (exact) mass is 542 g/mol. The van der Waals surface area contributed by atoms with E-state index < -0.39 is 29.7 Å². The summed E-state index contributed by atoms with van der Waals surface area (Å²) in [6.07, 6.45) is 7.15. The molecule has 5 rings (SSSR count). The van der Waals surface area contributed by atoms with Crippen LogP contribution in [0, 0.1) is 12.3 Å². The van der Waals surface area contributed by atoms with Crippen LogP contribution in [0.4, 0.5) is 5.69 Å². The lowest BCUT2D eigenvalue weighted by atomic mass is 10.0. The second kappa shape index (κ2) is 11.8. The van der Waals surface area contributed by atoms with Gasteiger partial charge in [-0.1, -0.05) is 24.3 Å². The standard InChI is InChI=1S/C30H34N6O4/c1-19-16-20(6-7-21(19)18-35-14-10-22(11-15-35)32-13-3-12-31)17-33-24-5-2-4-23-27(24)30(40)36(29(23)39)25-8-9-26(37)34-28(25)38/h2-7,12-13,16,22,25,31-33H,8-11,14-15,17-18H2,1H3,(H,34,37,38)/b13-3-,31-12?. The molecule has 0 aromatic heterocycles. The van der Waals surface area contributed by atoms with Crippen LogP contribution in [0.5, 0.6) is 0 Å². The molecule has 2 fully saturated rings. The number of amides is 4. The number of piperidine rings is 2. The second-order valence-electron chi connectivity index (χ2n) is 10.5. The molecule has 10 nitrogen and oxygen atoms in total. The summed E-state index contributed by atoms with van der Waals surface area (Å²) in [5.74, 6) is -2.05. The topological polar surface area (TPSA) is 135 Å². The lowest BCUT2D eigenvalue weighted by Gasteiger charge is -2.32. The molecule has 1 unspecified atom stereocenters. The van der Waals surface area contributed by atoms with E-state index in [0.717, 1.165) is 42.9 Å². The molecule has 2 aromatic rings. The van der Waals surface area contributed by atoms with Gasteiger partial charge in [-0.15, -0.1) is 0 Å². The van der Waals surface area contributed by atoms with Crippen LogP contribution in [0.15, 0.2) is 48.7 Å². The van der Waals surface area contributed by atoms with Crippen molar-refractivity contribution in [2.45, 2.75) is 57.8 Å². The van der Waals surface area contributed by atoms with Crippen molar-refractivity contribution >= 4 is 35.5 Å². The smallest absolute Gasteiger partial charge is 0.264 e.